The van der Waals surface area contributed by atoms with Crippen molar-refractivity contribution in [1.29, 1.82) is 0 Å². The van der Waals surface area contributed by atoms with Crippen LogP contribution in [0.1, 0.15) is 24.2 Å². The summed E-state index contributed by atoms with van der Waals surface area (Å²) in [6.07, 6.45) is 3.50. The summed E-state index contributed by atoms with van der Waals surface area (Å²) < 4.78 is 1.94. The Bertz CT molecular complexity index is 503. The van der Waals surface area contributed by atoms with Gasteiger partial charge in [0.25, 0.3) is 0 Å². The molecule has 1 aromatic carbocycles. The zero-order valence-corrected chi connectivity index (χ0v) is 9.38. The highest BCUT2D eigenvalue weighted by molar-refractivity contribution is 5.45. The average Bonchev–Trinajstić information content (AvgIpc) is 2.66. The summed E-state index contributed by atoms with van der Waals surface area (Å²) in [5.74, 6) is 0.267. The van der Waals surface area contributed by atoms with E-state index in [1.807, 2.05) is 24.5 Å². The van der Waals surface area contributed by atoms with Crippen LogP contribution in [0.4, 0.5) is 0 Å². The van der Waals surface area contributed by atoms with Gasteiger partial charge in [-0.15, -0.1) is 0 Å². The summed E-state index contributed by atoms with van der Waals surface area (Å²) in [7, 11) is 0. The van der Waals surface area contributed by atoms with Gasteiger partial charge in [0.05, 0.1) is 23.9 Å². The van der Waals surface area contributed by atoms with Crippen molar-refractivity contribution >= 4 is 0 Å². The quantitative estimate of drug-likeness (QED) is 0.807. The Morgan fingerprint density at radius 3 is 2.81 bits per heavy atom. The minimum atomic E-state index is -0.0734. The number of nitrogens with zero attached hydrogens (tertiary/aromatic N) is 2. The maximum atomic E-state index is 9.36. The first kappa shape index (κ1) is 10.7. The van der Waals surface area contributed by atoms with Crippen LogP contribution in [0.25, 0.3) is 5.69 Å². The lowest BCUT2D eigenvalue weighted by atomic mass is 10.1. The molecule has 0 fully saturated rings. The van der Waals surface area contributed by atoms with Gasteiger partial charge in [-0.05, 0) is 37.6 Å². The highest BCUT2D eigenvalue weighted by atomic mass is 16.3. The van der Waals surface area contributed by atoms with E-state index in [4.69, 9.17) is 5.73 Å². The Morgan fingerprint density at radius 2 is 2.19 bits per heavy atom. The second kappa shape index (κ2) is 3.98. The largest absolute Gasteiger partial charge is 0.508 e. The van der Waals surface area contributed by atoms with Gasteiger partial charge in [-0.3, -0.25) is 0 Å². The number of benzene rings is 1. The Balaban J connectivity index is 2.54. The van der Waals surface area contributed by atoms with E-state index in [1.54, 1.807) is 24.7 Å². The van der Waals surface area contributed by atoms with Crippen LogP contribution in [-0.2, 0) is 0 Å². The van der Waals surface area contributed by atoms with Crippen molar-refractivity contribution in [3.63, 3.8) is 0 Å². The van der Waals surface area contributed by atoms with Crippen molar-refractivity contribution in [1.82, 2.24) is 9.55 Å². The number of nitrogens with two attached hydrogens (primary N) is 1. The minimum absolute atomic E-state index is 0.0734. The number of aromatic nitrogens is 2. The summed E-state index contributed by atoms with van der Waals surface area (Å²) in [5, 5.41) is 9.36. The number of phenolic OH excluding ortho intramolecular Hbond substituents is 1. The molecule has 0 bridgehead atoms. The predicted molar refractivity (Wildman–Crippen MR) is 62.6 cm³/mol. The predicted octanol–water partition coefficient (Wildman–Crippen LogP) is 1.91. The van der Waals surface area contributed by atoms with Crippen LogP contribution in [0, 0.1) is 6.92 Å². The zero-order valence-electron chi connectivity index (χ0n) is 9.38. The van der Waals surface area contributed by atoms with Gasteiger partial charge in [0.1, 0.15) is 5.75 Å². The topological polar surface area (TPSA) is 64.1 Å². The van der Waals surface area contributed by atoms with Crippen LogP contribution in [0.15, 0.2) is 30.7 Å². The molecule has 0 aliphatic carbocycles. The van der Waals surface area contributed by atoms with E-state index in [-0.39, 0.29) is 11.8 Å². The van der Waals surface area contributed by atoms with Crippen molar-refractivity contribution in [2.45, 2.75) is 19.9 Å². The smallest absolute Gasteiger partial charge is 0.115 e. The molecule has 2 rings (SSSR count). The van der Waals surface area contributed by atoms with Crippen LogP contribution in [0.2, 0.25) is 0 Å². The summed E-state index contributed by atoms with van der Waals surface area (Å²) in [6.45, 7) is 3.86. The Labute approximate surface area is 94.4 Å². The number of rotatable bonds is 2. The maximum Gasteiger partial charge on any atom is 0.115 e. The summed E-state index contributed by atoms with van der Waals surface area (Å²) in [4.78, 5) is 4.10. The van der Waals surface area contributed by atoms with Crippen molar-refractivity contribution < 1.29 is 5.11 Å². The second-order valence-electron chi connectivity index (χ2n) is 3.95. The molecule has 0 spiro atoms. The lowest BCUT2D eigenvalue weighted by molar-refractivity contribution is 0.474. The highest BCUT2D eigenvalue weighted by Gasteiger charge is 2.10. The van der Waals surface area contributed by atoms with Crippen LogP contribution >= 0.6 is 0 Å². The molecule has 0 amide bonds. The second-order valence-corrected chi connectivity index (χ2v) is 3.95. The molecule has 0 aliphatic rings. The lowest BCUT2D eigenvalue weighted by Gasteiger charge is -2.13. The fourth-order valence-electron chi connectivity index (χ4n) is 1.75. The third kappa shape index (κ3) is 1.79. The Kier molecular flexibility index (Phi) is 2.66. The molecule has 0 unspecified atom stereocenters. The molecule has 1 heterocycles. The van der Waals surface area contributed by atoms with Crippen LogP contribution in [-0.4, -0.2) is 14.7 Å². The molecule has 1 aromatic heterocycles. The molecule has 16 heavy (non-hydrogen) atoms. The number of aryl methyl sites for hydroxylation is 1. The third-order valence-electron chi connectivity index (χ3n) is 2.57. The van der Waals surface area contributed by atoms with E-state index in [2.05, 4.69) is 4.98 Å². The van der Waals surface area contributed by atoms with Crippen molar-refractivity contribution in [2.75, 3.05) is 0 Å². The van der Waals surface area contributed by atoms with E-state index in [0.717, 1.165) is 16.9 Å². The van der Waals surface area contributed by atoms with Gasteiger partial charge < -0.3 is 15.4 Å². The fourth-order valence-corrected chi connectivity index (χ4v) is 1.75. The zero-order chi connectivity index (χ0) is 11.7. The number of phenols is 1. The summed E-state index contributed by atoms with van der Waals surface area (Å²) >= 11 is 0. The van der Waals surface area contributed by atoms with Gasteiger partial charge in [0.15, 0.2) is 0 Å². The van der Waals surface area contributed by atoms with Gasteiger partial charge >= 0.3 is 0 Å². The number of imidazole rings is 1. The monoisotopic (exact) mass is 217 g/mol. The third-order valence-corrected chi connectivity index (χ3v) is 2.57. The molecule has 0 saturated heterocycles. The fraction of sp³-hybridized carbons (Fsp3) is 0.250. The number of hydrogen-bond donors (Lipinski definition) is 2. The molecule has 3 N–H and O–H groups in total. The average molecular weight is 217 g/mol. The van der Waals surface area contributed by atoms with Crippen molar-refractivity contribution in [2.24, 2.45) is 5.73 Å². The normalized spacial score (nSPS) is 12.7. The first-order valence-electron chi connectivity index (χ1n) is 5.17. The molecular weight excluding hydrogens is 202 g/mol. The number of hydrogen-bond acceptors (Lipinski definition) is 3. The molecule has 4 heteroatoms. The van der Waals surface area contributed by atoms with E-state index < -0.39 is 0 Å². The highest BCUT2D eigenvalue weighted by Crippen LogP contribution is 2.22. The van der Waals surface area contributed by atoms with Gasteiger partial charge in [0.2, 0.25) is 0 Å². The van der Waals surface area contributed by atoms with Crippen LogP contribution < -0.4 is 5.73 Å². The molecule has 2 aromatic rings. The van der Waals surface area contributed by atoms with Crippen molar-refractivity contribution in [3.8, 4) is 11.4 Å². The lowest BCUT2D eigenvalue weighted by Crippen LogP contribution is -2.11. The molecular formula is C12H15N3O. The Hall–Kier alpha value is -1.81. The van der Waals surface area contributed by atoms with Crippen molar-refractivity contribution in [3.05, 3.63) is 42.0 Å². The van der Waals surface area contributed by atoms with E-state index in [1.165, 1.54) is 0 Å². The first-order chi connectivity index (χ1) is 7.59. The first-order valence-corrected chi connectivity index (χ1v) is 5.17. The van der Waals surface area contributed by atoms with Gasteiger partial charge in [-0.25, -0.2) is 4.98 Å². The van der Waals surface area contributed by atoms with Gasteiger partial charge in [-0.2, -0.15) is 0 Å². The Morgan fingerprint density at radius 1 is 1.44 bits per heavy atom. The standard InChI is InChI=1S/C12H15N3O/c1-8-5-10(16)3-4-11(8)15-7-14-6-12(15)9(2)13/h3-7,9,16H,13H2,1-2H3/t9-/m1/s1. The van der Waals surface area contributed by atoms with E-state index in [0.29, 0.717) is 0 Å². The van der Waals surface area contributed by atoms with Gasteiger partial charge in [0, 0.05) is 6.04 Å². The molecule has 0 saturated carbocycles. The van der Waals surface area contributed by atoms with E-state index >= 15 is 0 Å². The molecule has 1 atom stereocenters. The SMILES string of the molecule is Cc1cc(O)ccc1-n1cncc1[C@@H](C)N. The van der Waals surface area contributed by atoms with E-state index in [9.17, 15) is 5.11 Å². The molecule has 0 aliphatic heterocycles. The van der Waals surface area contributed by atoms with Crippen LogP contribution in [0.3, 0.4) is 0 Å². The maximum absolute atomic E-state index is 9.36. The minimum Gasteiger partial charge on any atom is -0.508 e. The summed E-state index contributed by atoms with van der Waals surface area (Å²) in [5.41, 5.74) is 8.79. The molecule has 0 radical (unpaired) electrons. The van der Waals surface area contributed by atoms with Crippen LogP contribution in [0.5, 0.6) is 5.75 Å². The molecule has 4 nitrogen and oxygen atoms in total. The molecule has 84 valence electrons. The number of aromatic hydroxyl groups is 1. The van der Waals surface area contributed by atoms with Gasteiger partial charge in [-0.1, -0.05) is 0 Å². The summed E-state index contributed by atoms with van der Waals surface area (Å²) in [6, 6.07) is 5.17.